The largest absolute Gasteiger partial charge is 0.480 e. The van der Waals surface area contributed by atoms with Gasteiger partial charge in [0.15, 0.2) is 5.69 Å². The van der Waals surface area contributed by atoms with Gasteiger partial charge in [0, 0.05) is 11.4 Å². The van der Waals surface area contributed by atoms with Gasteiger partial charge in [0.05, 0.1) is 5.39 Å². The fourth-order valence-electron chi connectivity index (χ4n) is 2.05. The van der Waals surface area contributed by atoms with Crippen LogP contribution in [0.5, 0.6) is 0 Å². The minimum Gasteiger partial charge on any atom is -0.480 e. The van der Waals surface area contributed by atoms with Crippen molar-refractivity contribution in [2.75, 3.05) is 6.54 Å². The molecule has 0 aliphatic heterocycles. The van der Waals surface area contributed by atoms with Gasteiger partial charge < -0.3 is 10.0 Å². The molecule has 0 atom stereocenters. The van der Waals surface area contributed by atoms with Gasteiger partial charge in [-0.25, -0.2) is 5.10 Å². The predicted molar refractivity (Wildman–Crippen MR) is 76.2 cm³/mol. The summed E-state index contributed by atoms with van der Waals surface area (Å²) in [6.45, 7) is 3.01. The second-order valence-corrected chi connectivity index (χ2v) is 4.87. The second kappa shape index (κ2) is 5.74. The highest BCUT2D eigenvalue weighted by atomic mass is 16.4. The van der Waals surface area contributed by atoms with Crippen molar-refractivity contribution in [2.45, 2.75) is 19.9 Å². The number of aromatic amines is 1. The molecule has 0 spiro atoms. The van der Waals surface area contributed by atoms with Crippen LogP contribution in [0.25, 0.3) is 10.8 Å². The number of carboxylic acid groups (broad SMARTS) is 1. The average molecular weight is 289 g/mol. The molecule has 1 heterocycles. The van der Waals surface area contributed by atoms with Crippen molar-refractivity contribution in [3.8, 4) is 0 Å². The molecule has 0 aliphatic carbocycles. The quantitative estimate of drug-likeness (QED) is 0.868. The molecule has 0 saturated heterocycles. The zero-order valence-electron chi connectivity index (χ0n) is 11.7. The highest BCUT2D eigenvalue weighted by Crippen LogP contribution is 2.15. The van der Waals surface area contributed by atoms with Gasteiger partial charge in [0.2, 0.25) is 0 Å². The fraction of sp³-hybridized carbons (Fsp3) is 0.286. The first-order valence-electron chi connectivity index (χ1n) is 6.42. The summed E-state index contributed by atoms with van der Waals surface area (Å²) < 4.78 is 0. The highest BCUT2D eigenvalue weighted by Gasteiger charge is 2.24. The molecule has 1 amide bonds. The van der Waals surface area contributed by atoms with Gasteiger partial charge in [-0.1, -0.05) is 18.2 Å². The summed E-state index contributed by atoms with van der Waals surface area (Å²) >= 11 is 0. The van der Waals surface area contributed by atoms with Gasteiger partial charge in [0.1, 0.15) is 6.54 Å². The Kier molecular flexibility index (Phi) is 4.02. The van der Waals surface area contributed by atoms with E-state index in [1.807, 2.05) is 0 Å². The lowest BCUT2D eigenvalue weighted by atomic mass is 10.1. The summed E-state index contributed by atoms with van der Waals surface area (Å²) in [6, 6.07) is 6.27. The maximum Gasteiger partial charge on any atom is 0.323 e. The van der Waals surface area contributed by atoms with Gasteiger partial charge in [-0.3, -0.25) is 14.4 Å². The van der Waals surface area contributed by atoms with Crippen LogP contribution in [0.15, 0.2) is 29.1 Å². The van der Waals surface area contributed by atoms with Crippen molar-refractivity contribution in [3.63, 3.8) is 0 Å². The van der Waals surface area contributed by atoms with Crippen molar-refractivity contribution in [1.82, 2.24) is 15.1 Å². The molecule has 0 unspecified atom stereocenters. The maximum atomic E-state index is 12.5. The summed E-state index contributed by atoms with van der Waals surface area (Å²) in [5.41, 5.74) is -0.350. The van der Waals surface area contributed by atoms with Crippen molar-refractivity contribution in [1.29, 1.82) is 0 Å². The van der Waals surface area contributed by atoms with Gasteiger partial charge >= 0.3 is 5.97 Å². The first-order valence-corrected chi connectivity index (χ1v) is 6.42. The standard InChI is InChI=1S/C14H15N3O4/c1-8(2)17(7-11(18)19)14(21)12-9-5-3-4-6-10(9)13(20)16-15-12/h3-6,8H,7H2,1-2H3,(H,16,20)(H,18,19). The number of carbonyl (C=O) groups excluding carboxylic acids is 1. The monoisotopic (exact) mass is 289 g/mol. The normalized spacial score (nSPS) is 10.8. The van der Waals surface area contributed by atoms with Crippen molar-refractivity contribution in [2.24, 2.45) is 0 Å². The lowest BCUT2D eigenvalue weighted by Gasteiger charge is -2.24. The molecule has 0 fully saturated rings. The molecule has 2 aromatic rings. The number of hydrogen-bond acceptors (Lipinski definition) is 4. The third-order valence-electron chi connectivity index (χ3n) is 3.09. The zero-order chi connectivity index (χ0) is 15.6. The Hall–Kier alpha value is -2.70. The number of nitrogens with zero attached hydrogens (tertiary/aromatic N) is 2. The van der Waals surface area contributed by atoms with Crippen LogP contribution in [0.1, 0.15) is 24.3 Å². The number of fused-ring (bicyclic) bond motifs is 1. The highest BCUT2D eigenvalue weighted by molar-refractivity contribution is 6.05. The summed E-state index contributed by atoms with van der Waals surface area (Å²) in [5, 5.41) is 15.7. The van der Waals surface area contributed by atoms with Crippen LogP contribution in [0.2, 0.25) is 0 Å². The predicted octanol–water partition coefficient (Wildman–Crippen LogP) is 0.858. The SMILES string of the molecule is CC(C)N(CC(=O)O)C(=O)c1n[nH]c(=O)c2ccccc12. The number of nitrogens with one attached hydrogen (secondary N) is 1. The first-order chi connectivity index (χ1) is 9.91. The van der Waals surface area contributed by atoms with E-state index in [4.69, 9.17) is 5.11 Å². The van der Waals surface area contributed by atoms with Crippen LogP contribution >= 0.6 is 0 Å². The van der Waals surface area contributed by atoms with E-state index in [1.165, 1.54) is 4.90 Å². The van der Waals surface area contributed by atoms with E-state index in [1.54, 1.807) is 38.1 Å². The number of benzene rings is 1. The molecule has 7 nitrogen and oxygen atoms in total. The number of H-pyrrole nitrogens is 1. The van der Waals surface area contributed by atoms with Gasteiger partial charge in [-0.2, -0.15) is 5.10 Å². The molecule has 1 aromatic carbocycles. The third kappa shape index (κ3) is 2.91. The molecular formula is C14H15N3O4. The fourth-order valence-corrected chi connectivity index (χ4v) is 2.05. The summed E-state index contributed by atoms with van der Waals surface area (Å²) in [4.78, 5) is 36.3. The van der Waals surface area contributed by atoms with Crippen LogP contribution in [-0.2, 0) is 4.79 Å². The van der Waals surface area contributed by atoms with Crippen molar-refractivity contribution in [3.05, 3.63) is 40.3 Å². The Bertz CT molecular complexity index is 751. The number of carbonyl (C=O) groups is 2. The molecule has 1 aromatic heterocycles. The van der Waals surface area contributed by atoms with Crippen LogP contribution in [0, 0.1) is 0 Å². The number of aromatic nitrogens is 2. The third-order valence-corrected chi connectivity index (χ3v) is 3.09. The summed E-state index contributed by atoms with van der Waals surface area (Å²) in [6.07, 6.45) is 0. The molecule has 0 bridgehead atoms. The maximum absolute atomic E-state index is 12.5. The molecule has 2 rings (SSSR count). The van der Waals surface area contributed by atoms with Crippen molar-refractivity contribution < 1.29 is 14.7 Å². The number of amides is 1. The van der Waals surface area contributed by atoms with E-state index in [9.17, 15) is 14.4 Å². The Balaban J connectivity index is 2.55. The molecular weight excluding hydrogens is 274 g/mol. The topological polar surface area (TPSA) is 103 Å². The number of aliphatic carboxylic acids is 1. The van der Waals surface area contributed by atoms with Gasteiger partial charge in [-0.15, -0.1) is 0 Å². The molecule has 21 heavy (non-hydrogen) atoms. The van der Waals surface area contributed by atoms with E-state index in [0.29, 0.717) is 10.8 Å². The molecule has 2 N–H and O–H groups in total. The van der Waals surface area contributed by atoms with Crippen LogP contribution in [0.4, 0.5) is 0 Å². The summed E-state index contributed by atoms with van der Waals surface area (Å²) in [7, 11) is 0. The summed E-state index contributed by atoms with van der Waals surface area (Å²) in [5.74, 6) is -1.63. The number of rotatable bonds is 4. The number of hydrogen-bond donors (Lipinski definition) is 2. The Morgan fingerprint density at radius 1 is 1.29 bits per heavy atom. The molecule has 0 radical (unpaired) electrons. The van der Waals surface area contributed by atoms with Gasteiger partial charge in [0.25, 0.3) is 11.5 Å². The molecule has 7 heteroatoms. The van der Waals surface area contributed by atoms with Crippen LogP contribution in [-0.4, -0.2) is 44.7 Å². The Labute approximate surface area is 120 Å². The van der Waals surface area contributed by atoms with E-state index >= 15 is 0 Å². The average Bonchev–Trinajstić information content (AvgIpc) is 2.44. The van der Waals surface area contributed by atoms with Crippen LogP contribution in [0.3, 0.4) is 0 Å². The van der Waals surface area contributed by atoms with Crippen LogP contribution < -0.4 is 5.56 Å². The minimum atomic E-state index is -1.11. The molecule has 0 aliphatic rings. The van der Waals surface area contributed by atoms with E-state index in [-0.39, 0.29) is 11.7 Å². The Morgan fingerprint density at radius 2 is 1.90 bits per heavy atom. The molecule has 110 valence electrons. The second-order valence-electron chi connectivity index (χ2n) is 4.87. The van der Waals surface area contributed by atoms with E-state index in [2.05, 4.69) is 10.2 Å². The number of carboxylic acids is 1. The van der Waals surface area contributed by atoms with Gasteiger partial charge in [-0.05, 0) is 19.9 Å². The Morgan fingerprint density at radius 3 is 2.48 bits per heavy atom. The lowest BCUT2D eigenvalue weighted by Crippen LogP contribution is -2.41. The molecule has 0 saturated carbocycles. The smallest absolute Gasteiger partial charge is 0.323 e. The van der Waals surface area contributed by atoms with E-state index < -0.39 is 24.0 Å². The van der Waals surface area contributed by atoms with E-state index in [0.717, 1.165) is 0 Å². The first kappa shape index (κ1) is 14.7. The van der Waals surface area contributed by atoms with Crippen molar-refractivity contribution >= 4 is 22.6 Å². The lowest BCUT2D eigenvalue weighted by molar-refractivity contribution is -0.138. The zero-order valence-corrected chi connectivity index (χ0v) is 11.7. The minimum absolute atomic E-state index is 0.0418.